The molecule has 0 saturated carbocycles. The molecule has 7 heteroatoms. The zero-order chi connectivity index (χ0) is 13.7. The molecule has 18 heavy (non-hydrogen) atoms. The first-order chi connectivity index (χ1) is 8.43. The highest BCUT2D eigenvalue weighted by Crippen LogP contribution is 2.31. The van der Waals surface area contributed by atoms with Gasteiger partial charge in [0.05, 0.1) is 13.0 Å². The molecule has 0 aliphatic rings. The van der Waals surface area contributed by atoms with Crippen LogP contribution in [-0.2, 0) is 16.0 Å². The van der Waals surface area contributed by atoms with E-state index < -0.39 is 12.6 Å². The van der Waals surface area contributed by atoms with E-state index in [9.17, 15) is 13.6 Å². The molecule has 0 fully saturated rings. The summed E-state index contributed by atoms with van der Waals surface area (Å²) in [5.41, 5.74) is 5.87. The van der Waals surface area contributed by atoms with Crippen molar-refractivity contribution in [2.75, 3.05) is 12.3 Å². The zero-order valence-corrected chi connectivity index (χ0v) is 10.3. The molecule has 100 valence electrons. The molecular weight excluding hydrogens is 268 g/mol. The molecule has 0 saturated heterocycles. The van der Waals surface area contributed by atoms with Gasteiger partial charge in [0.1, 0.15) is 5.75 Å². The summed E-state index contributed by atoms with van der Waals surface area (Å²) in [7, 11) is 0. The predicted octanol–water partition coefficient (Wildman–Crippen LogP) is 2.63. The lowest BCUT2D eigenvalue weighted by atomic mass is 10.1. The van der Waals surface area contributed by atoms with Gasteiger partial charge >= 0.3 is 12.6 Å². The SMILES string of the molecule is CCOC(=O)Cc1c(N)cc(Cl)cc1OC(F)F. The molecule has 0 atom stereocenters. The van der Waals surface area contributed by atoms with Crippen molar-refractivity contribution >= 4 is 23.3 Å². The van der Waals surface area contributed by atoms with Crippen LogP contribution in [-0.4, -0.2) is 19.2 Å². The van der Waals surface area contributed by atoms with E-state index in [4.69, 9.17) is 22.1 Å². The molecule has 0 bridgehead atoms. The molecule has 1 aromatic rings. The van der Waals surface area contributed by atoms with Crippen molar-refractivity contribution in [3.05, 3.63) is 22.7 Å². The maximum absolute atomic E-state index is 12.2. The zero-order valence-electron chi connectivity index (χ0n) is 9.58. The second-order valence-corrected chi connectivity index (χ2v) is 3.77. The number of carbonyl (C=O) groups is 1. The van der Waals surface area contributed by atoms with Gasteiger partial charge in [-0.2, -0.15) is 8.78 Å². The van der Waals surface area contributed by atoms with Crippen molar-refractivity contribution in [1.29, 1.82) is 0 Å². The maximum atomic E-state index is 12.2. The minimum Gasteiger partial charge on any atom is -0.466 e. The van der Waals surface area contributed by atoms with Gasteiger partial charge in [-0.1, -0.05) is 11.6 Å². The normalized spacial score (nSPS) is 10.5. The summed E-state index contributed by atoms with van der Waals surface area (Å²) in [6.07, 6.45) is -0.251. The number of ether oxygens (including phenoxy) is 2. The number of hydrogen-bond donors (Lipinski definition) is 1. The van der Waals surface area contributed by atoms with Crippen LogP contribution in [0.4, 0.5) is 14.5 Å². The minimum absolute atomic E-state index is 0.103. The molecule has 0 aliphatic heterocycles. The molecule has 1 rings (SSSR count). The number of rotatable bonds is 5. The van der Waals surface area contributed by atoms with Crippen LogP contribution in [0.1, 0.15) is 12.5 Å². The van der Waals surface area contributed by atoms with Crippen LogP contribution in [0, 0.1) is 0 Å². The molecule has 4 nitrogen and oxygen atoms in total. The predicted molar refractivity (Wildman–Crippen MR) is 62.8 cm³/mol. The van der Waals surface area contributed by atoms with Crippen molar-refractivity contribution in [1.82, 2.24) is 0 Å². The Hall–Kier alpha value is -1.56. The number of esters is 1. The Morgan fingerprint density at radius 1 is 1.50 bits per heavy atom. The van der Waals surface area contributed by atoms with Crippen molar-refractivity contribution in [3.63, 3.8) is 0 Å². The van der Waals surface area contributed by atoms with E-state index in [-0.39, 0.29) is 35.1 Å². The fraction of sp³-hybridized carbons (Fsp3) is 0.364. The highest BCUT2D eigenvalue weighted by Gasteiger charge is 2.17. The van der Waals surface area contributed by atoms with Crippen LogP contribution in [0.15, 0.2) is 12.1 Å². The summed E-state index contributed by atoms with van der Waals surface area (Å²) in [6.45, 7) is -1.19. The van der Waals surface area contributed by atoms with E-state index in [1.807, 2.05) is 0 Å². The van der Waals surface area contributed by atoms with Gasteiger partial charge in [0.2, 0.25) is 0 Å². The van der Waals surface area contributed by atoms with Crippen LogP contribution in [0.5, 0.6) is 5.75 Å². The number of alkyl halides is 2. The molecule has 0 radical (unpaired) electrons. The third-order valence-corrected chi connectivity index (χ3v) is 2.27. The molecule has 0 aliphatic carbocycles. The number of hydrogen-bond acceptors (Lipinski definition) is 4. The Morgan fingerprint density at radius 2 is 2.17 bits per heavy atom. The molecule has 2 N–H and O–H groups in total. The van der Waals surface area contributed by atoms with Gasteiger partial charge in [-0.05, 0) is 19.1 Å². The average molecular weight is 280 g/mol. The maximum Gasteiger partial charge on any atom is 0.387 e. The summed E-state index contributed by atoms with van der Waals surface area (Å²) in [6, 6.07) is 2.53. The van der Waals surface area contributed by atoms with Crippen LogP contribution in [0.3, 0.4) is 0 Å². The highest BCUT2D eigenvalue weighted by molar-refractivity contribution is 6.31. The molecule has 0 unspecified atom stereocenters. The van der Waals surface area contributed by atoms with E-state index in [1.165, 1.54) is 12.1 Å². The number of nitrogens with two attached hydrogens (primary N) is 1. The largest absolute Gasteiger partial charge is 0.466 e. The summed E-state index contributed by atoms with van der Waals surface area (Å²) >= 11 is 5.68. The molecule has 1 aromatic carbocycles. The van der Waals surface area contributed by atoms with E-state index in [2.05, 4.69) is 4.74 Å². The first kappa shape index (κ1) is 14.5. The molecule has 0 spiro atoms. The third kappa shape index (κ3) is 4.03. The van der Waals surface area contributed by atoms with Gasteiger partial charge < -0.3 is 15.2 Å². The number of halogens is 3. The van der Waals surface area contributed by atoms with Gasteiger partial charge in [0.15, 0.2) is 0 Å². The monoisotopic (exact) mass is 279 g/mol. The van der Waals surface area contributed by atoms with Crippen LogP contribution < -0.4 is 10.5 Å². The Bertz CT molecular complexity index is 441. The fourth-order valence-electron chi connectivity index (χ4n) is 1.38. The highest BCUT2D eigenvalue weighted by atomic mass is 35.5. The minimum atomic E-state index is -3.02. The molecular formula is C11H12ClF2NO3. The lowest BCUT2D eigenvalue weighted by Gasteiger charge is -2.13. The van der Waals surface area contributed by atoms with Crippen LogP contribution >= 0.6 is 11.6 Å². The number of benzene rings is 1. The first-order valence-corrected chi connectivity index (χ1v) is 5.50. The molecule has 0 heterocycles. The van der Waals surface area contributed by atoms with Crippen molar-refractivity contribution in [2.24, 2.45) is 0 Å². The summed E-state index contributed by atoms with van der Waals surface area (Å²) < 4.78 is 33.5. The van der Waals surface area contributed by atoms with Crippen molar-refractivity contribution in [3.8, 4) is 5.75 Å². The lowest BCUT2D eigenvalue weighted by Crippen LogP contribution is -2.12. The van der Waals surface area contributed by atoms with Crippen LogP contribution in [0.25, 0.3) is 0 Å². The summed E-state index contributed by atoms with van der Waals surface area (Å²) in [4.78, 5) is 11.3. The number of anilines is 1. The third-order valence-electron chi connectivity index (χ3n) is 2.05. The molecule has 0 amide bonds. The van der Waals surface area contributed by atoms with E-state index in [0.717, 1.165) is 0 Å². The van der Waals surface area contributed by atoms with Gasteiger partial charge in [0, 0.05) is 16.3 Å². The van der Waals surface area contributed by atoms with E-state index in [1.54, 1.807) is 6.92 Å². The lowest BCUT2D eigenvalue weighted by molar-refractivity contribution is -0.142. The van der Waals surface area contributed by atoms with Crippen molar-refractivity contribution in [2.45, 2.75) is 20.0 Å². The summed E-state index contributed by atoms with van der Waals surface area (Å²) in [5.74, 6) is -0.798. The quantitative estimate of drug-likeness (QED) is 0.665. The second kappa shape index (κ2) is 6.39. The fourth-order valence-corrected chi connectivity index (χ4v) is 1.60. The van der Waals surface area contributed by atoms with Gasteiger partial charge in [-0.3, -0.25) is 4.79 Å². The van der Waals surface area contributed by atoms with Gasteiger partial charge in [-0.15, -0.1) is 0 Å². The number of carbonyl (C=O) groups excluding carboxylic acids is 1. The van der Waals surface area contributed by atoms with E-state index in [0.29, 0.717) is 0 Å². The Balaban J connectivity index is 3.03. The van der Waals surface area contributed by atoms with Gasteiger partial charge in [0.25, 0.3) is 0 Å². The topological polar surface area (TPSA) is 61.5 Å². The Kier molecular flexibility index (Phi) is 5.15. The van der Waals surface area contributed by atoms with E-state index >= 15 is 0 Å². The first-order valence-electron chi connectivity index (χ1n) is 5.12. The Morgan fingerprint density at radius 3 is 2.72 bits per heavy atom. The van der Waals surface area contributed by atoms with Crippen molar-refractivity contribution < 1.29 is 23.0 Å². The number of nitrogen functional groups attached to an aromatic ring is 1. The van der Waals surface area contributed by atoms with Gasteiger partial charge in [-0.25, -0.2) is 0 Å². The Labute approximate surface area is 108 Å². The summed E-state index contributed by atoms with van der Waals surface area (Å²) in [5, 5.41) is 0.149. The smallest absolute Gasteiger partial charge is 0.387 e. The average Bonchev–Trinajstić information content (AvgIpc) is 2.22. The van der Waals surface area contributed by atoms with Crippen LogP contribution in [0.2, 0.25) is 5.02 Å². The second-order valence-electron chi connectivity index (χ2n) is 3.33. The molecule has 0 aromatic heterocycles. The standard InChI is InChI=1S/C11H12ClF2NO3/c1-2-17-10(16)5-7-8(15)3-6(12)4-9(7)18-11(13)14/h3-4,11H,2,5,15H2,1H3.